The molecule has 1 aromatic rings. The summed E-state index contributed by atoms with van der Waals surface area (Å²) in [6.07, 6.45) is 3.96. The predicted octanol–water partition coefficient (Wildman–Crippen LogP) is 2.32. The van der Waals surface area contributed by atoms with Crippen molar-refractivity contribution in [1.29, 1.82) is 0 Å². The third-order valence-electron chi connectivity index (χ3n) is 2.86. The van der Waals surface area contributed by atoms with Crippen LogP contribution in [-0.2, 0) is 16.1 Å². The van der Waals surface area contributed by atoms with Crippen LogP contribution in [0.1, 0.15) is 19.4 Å². The number of ether oxygens (including phenoxy) is 1. The van der Waals surface area contributed by atoms with Gasteiger partial charge in [0.2, 0.25) is 0 Å². The zero-order valence-corrected chi connectivity index (χ0v) is 12.2. The monoisotopic (exact) mass is 292 g/mol. The summed E-state index contributed by atoms with van der Waals surface area (Å²) in [4.78, 5) is 28.8. The fourth-order valence-electron chi connectivity index (χ4n) is 1.96. The Hall–Kier alpha value is -2.37. The highest BCUT2D eigenvalue weighted by Crippen LogP contribution is 2.16. The van der Waals surface area contributed by atoms with Crippen LogP contribution in [0.15, 0.2) is 37.2 Å². The molecule has 0 aliphatic heterocycles. The van der Waals surface area contributed by atoms with E-state index in [9.17, 15) is 14.7 Å². The Bertz CT molecular complexity index is 488. The first-order valence-corrected chi connectivity index (χ1v) is 6.63. The molecule has 114 valence electrons. The first-order valence-electron chi connectivity index (χ1n) is 6.63. The molecular weight excluding hydrogens is 272 g/mol. The lowest BCUT2D eigenvalue weighted by molar-refractivity contribution is -0.144. The maximum atomic E-state index is 12.1. The van der Waals surface area contributed by atoms with Crippen molar-refractivity contribution in [3.8, 4) is 0 Å². The molecule has 6 nitrogen and oxygen atoms in total. The number of nitrogens with zero attached hydrogens (tertiary/aromatic N) is 2. The number of carboxylic acids is 1. The highest BCUT2D eigenvalue weighted by Gasteiger charge is 2.33. The predicted molar refractivity (Wildman–Crippen MR) is 77.6 cm³/mol. The molecule has 0 fully saturated rings. The second-order valence-electron chi connectivity index (χ2n) is 4.88. The number of carbonyl (C=O) groups is 2. The molecule has 1 aromatic heterocycles. The van der Waals surface area contributed by atoms with E-state index in [2.05, 4.69) is 11.6 Å². The SMILES string of the molecule is C=CCOC(=O)N(Cc1cccnc1)C(C(=O)O)C(C)C. The normalized spacial score (nSPS) is 11.8. The molecule has 1 N–H and O–H groups in total. The lowest BCUT2D eigenvalue weighted by Gasteiger charge is -2.30. The molecule has 0 bridgehead atoms. The van der Waals surface area contributed by atoms with Crippen LogP contribution in [0.5, 0.6) is 0 Å². The number of carbonyl (C=O) groups excluding carboxylic acids is 1. The number of pyridine rings is 1. The Morgan fingerprint density at radius 2 is 2.24 bits per heavy atom. The molecule has 0 saturated carbocycles. The van der Waals surface area contributed by atoms with E-state index < -0.39 is 18.1 Å². The van der Waals surface area contributed by atoms with Gasteiger partial charge >= 0.3 is 12.1 Å². The minimum absolute atomic E-state index is 0.0345. The molecule has 0 spiro atoms. The van der Waals surface area contributed by atoms with E-state index in [0.717, 1.165) is 5.56 Å². The number of amides is 1. The van der Waals surface area contributed by atoms with Gasteiger partial charge in [-0.05, 0) is 17.5 Å². The summed E-state index contributed by atoms with van der Waals surface area (Å²) >= 11 is 0. The summed E-state index contributed by atoms with van der Waals surface area (Å²) in [7, 11) is 0. The van der Waals surface area contributed by atoms with Crippen molar-refractivity contribution in [3.05, 3.63) is 42.7 Å². The van der Waals surface area contributed by atoms with Crippen LogP contribution in [0.4, 0.5) is 4.79 Å². The minimum Gasteiger partial charge on any atom is -0.480 e. The van der Waals surface area contributed by atoms with Crippen LogP contribution in [0, 0.1) is 5.92 Å². The molecule has 1 atom stereocenters. The van der Waals surface area contributed by atoms with Crippen molar-refractivity contribution < 1.29 is 19.4 Å². The maximum absolute atomic E-state index is 12.1. The largest absolute Gasteiger partial charge is 0.480 e. The lowest BCUT2D eigenvalue weighted by Crippen LogP contribution is -2.47. The number of aliphatic carboxylic acids is 1. The number of carboxylic acid groups (broad SMARTS) is 1. The van der Waals surface area contributed by atoms with E-state index in [1.54, 1.807) is 38.4 Å². The van der Waals surface area contributed by atoms with E-state index in [1.165, 1.54) is 11.0 Å². The summed E-state index contributed by atoms with van der Waals surface area (Å²) in [5.74, 6) is -1.32. The molecule has 0 aromatic carbocycles. The molecule has 1 unspecified atom stereocenters. The third kappa shape index (κ3) is 4.91. The van der Waals surface area contributed by atoms with Gasteiger partial charge in [0, 0.05) is 12.4 Å². The van der Waals surface area contributed by atoms with Gasteiger partial charge < -0.3 is 9.84 Å². The Kier molecular flexibility index (Phi) is 6.39. The van der Waals surface area contributed by atoms with Gasteiger partial charge in [0.1, 0.15) is 12.6 Å². The van der Waals surface area contributed by atoms with Crippen molar-refractivity contribution >= 4 is 12.1 Å². The first kappa shape index (κ1) is 16.7. The van der Waals surface area contributed by atoms with Crippen molar-refractivity contribution in [3.63, 3.8) is 0 Å². The van der Waals surface area contributed by atoms with Crippen LogP contribution in [0.25, 0.3) is 0 Å². The number of hydrogen-bond donors (Lipinski definition) is 1. The summed E-state index contributed by atoms with van der Waals surface area (Å²) in [5.41, 5.74) is 0.736. The fourth-order valence-corrected chi connectivity index (χ4v) is 1.96. The topological polar surface area (TPSA) is 79.7 Å². The van der Waals surface area contributed by atoms with E-state index >= 15 is 0 Å². The number of aromatic nitrogens is 1. The number of hydrogen-bond acceptors (Lipinski definition) is 4. The molecule has 0 saturated heterocycles. The van der Waals surface area contributed by atoms with Crippen LogP contribution in [-0.4, -0.2) is 39.7 Å². The van der Waals surface area contributed by atoms with E-state index in [4.69, 9.17) is 4.74 Å². The molecule has 1 heterocycles. The summed E-state index contributed by atoms with van der Waals surface area (Å²) in [6, 6.07) is 2.54. The molecule has 0 aliphatic rings. The minimum atomic E-state index is -1.07. The fraction of sp³-hybridized carbons (Fsp3) is 0.400. The second kappa shape index (κ2) is 8.04. The van der Waals surface area contributed by atoms with Gasteiger partial charge in [0.15, 0.2) is 0 Å². The van der Waals surface area contributed by atoms with Gasteiger partial charge in [-0.25, -0.2) is 9.59 Å². The molecule has 0 aliphatic carbocycles. The highest BCUT2D eigenvalue weighted by atomic mass is 16.6. The van der Waals surface area contributed by atoms with Gasteiger partial charge in [0.05, 0.1) is 6.54 Å². The van der Waals surface area contributed by atoms with Crippen LogP contribution < -0.4 is 0 Å². The first-order chi connectivity index (χ1) is 9.97. The van der Waals surface area contributed by atoms with Gasteiger partial charge in [-0.2, -0.15) is 0 Å². The maximum Gasteiger partial charge on any atom is 0.411 e. The highest BCUT2D eigenvalue weighted by molar-refractivity contribution is 5.80. The van der Waals surface area contributed by atoms with Crippen molar-refractivity contribution in [2.24, 2.45) is 5.92 Å². The van der Waals surface area contributed by atoms with Crippen LogP contribution in [0.3, 0.4) is 0 Å². The Labute approximate surface area is 124 Å². The van der Waals surface area contributed by atoms with E-state index in [-0.39, 0.29) is 19.1 Å². The molecule has 6 heteroatoms. The summed E-state index contributed by atoms with van der Waals surface area (Å²) < 4.78 is 4.99. The zero-order chi connectivity index (χ0) is 15.8. The Morgan fingerprint density at radius 3 is 2.71 bits per heavy atom. The molecule has 21 heavy (non-hydrogen) atoms. The van der Waals surface area contributed by atoms with Crippen molar-refractivity contribution in [2.45, 2.75) is 26.4 Å². The summed E-state index contributed by atoms with van der Waals surface area (Å²) in [6.45, 7) is 7.12. The lowest BCUT2D eigenvalue weighted by atomic mass is 10.0. The second-order valence-corrected chi connectivity index (χ2v) is 4.88. The molecule has 1 rings (SSSR count). The van der Waals surface area contributed by atoms with E-state index in [1.807, 2.05) is 0 Å². The zero-order valence-electron chi connectivity index (χ0n) is 12.2. The Balaban J connectivity index is 3.00. The van der Waals surface area contributed by atoms with E-state index in [0.29, 0.717) is 0 Å². The third-order valence-corrected chi connectivity index (χ3v) is 2.86. The summed E-state index contributed by atoms with van der Waals surface area (Å²) in [5, 5.41) is 9.38. The average molecular weight is 292 g/mol. The van der Waals surface area contributed by atoms with Gasteiger partial charge in [-0.3, -0.25) is 9.88 Å². The van der Waals surface area contributed by atoms with Gasteiger partial charge in [-0.1, -0.05) is 32.6 Å². The van der Waals surface area contributed by atoms with Crippen molar-refractivity contribution in [1.82, 2.24) is 9.88 Å². The van der Waals surface area contributed by atoms with Gasteiger partial charge in [-0.15, -0.1) is 0 Å². The number of rotatable bonds is 7. The van der Waals surface area contributed by atoms with Crippen LogP contribution >= 0.6 is 0 Å². The standard InChI is InChI=1S/C15H20N2O4/c1-4-8-21-15(20)17(13(11(2)3)14(18)19)10-12-6-5-7-16-9-12/h4-7,9,11,13H,1,8,10H2,2-3H3,(H,18,19). The van der Waals surface area contributed by atoms with Crippen LogP contribution in [0.2, 0.25) is 0 Å². The average Bonchev–Trinajstić information content (AvgIpc) is 2.44. The molecule has 1 amide bonds. The van der Waals surface area contributed by atoms with Gasteiger partial charge in [0.25, 0.3) is 0 Å². The molecular formula is C15H20N2O4. The van der Waals surface area contributed by atoms with Crippen molar-refractivity contribution in [2.75, 3.05) is 6.61 Å². The quantitative estimate of drug-likeness (QED) is 0.780. The Morgan fingerprint density at radius 1 is 1.52 bits per heavy atom. The molecule has 0 radical (unpaired) electrons. The smallest absolute Gasteiger partial charge is 0.411 e.